The number of rotatable bonds is 3. The molecular weight excluding hydrogens is 250 g/mol. The van der Waals surface area contributed by atoms with Crippen LogP contribution in [-0.4, -0.2) is 14.8 Å². The minimum atomic E-state index is 0.462. The molecule has 2 heterocycles. The van der Waals surface area contributed by atoms with Gasteiger partial charge in [0.25, 0.3) is 0 Å². The Kier molecular flexibility index (Phi) is 3.57. The largest absolute Gasteiger partial charge is 0.435 e. The smallest absolute Gasteiger partial charge is 0.219 e. The Morgan fingerprint density at radius 3 is 2.44 bits per heavy atom. The van der Waals surface area contributed by atoms with Gasteiger partial charge in [-0.05, 0) is 26.3 Å². The lowest BCUT2D eigenvalue weighted by atomic mass is 10.2. The van der Waals surface area contributed by atoms with Crippen molar-refractivity contribution < 1.29 is 4.74 Å². The second kappa shape index (κ2) is 4.98. The number of halogens is 1. The molecule has 0 aliphatic rings. The maximum absolute atomic E-state index is 5.80. The predicted octanol–water partition coefficient (Wildman–Crippen LogP) is 3.27. The summed E-state index contributed by atoms with van der Waals surface area (Å²) >= 11 is 5.80. The van der Waals surface area contributed by atoms with E-state index in [0.717, 1.165) is 28.4 Å². The van der Waals surface area contributed by atoms with Gasteiger partial charge in [0, 0.05) is 24.7 Å². The first-order chi connectivity index (χ1) is 8.52. The molecule has 4 nitrogen and oxygen atoms in total. The zero-order chi connectivity index (χ0) is 13.3. The van der Waals surface area contributed by atoms with E-state index >= 15 is 0 Å². The van der Waals surface area contributed by atoms with Crippen LogP contribution in [0.1, 0.15) is 22.6 Å². The summed E-state index contributed by atoms with van der Waals surface area (Å²) in [5, 5.41) is 4.31. The highest BCUT2D eigenvalue weighted by atomic mass is 35.5. The third-order valence-corrected chi connectivity index (χ3v) is 3.25. The summed E-state index contributed by atoms with van der Waals surface area (Å²) in [7, 11) is 1.89. The maximum atomic E-state index is 5.80. The van der Waals surface area contributed by atoms with Crippen molar-refractivity contribution in [3.05, 3.63) is 34.8 Å². The van der Waals surface area contributed by atoms with Crippen LogP contribution in [0.4, 0.5) is 0 Å². The maximum Gasteiger partial charge on any atom is 0.219 e. The van der Waals surface area contributed by atoms with Crippen LogP contribution in [0.5, 0.6) is 11.6 Å². The number of hydrogen-bond donors (Lipinski definition) is 0. The summed E-state index contributed by atoms with van der Waals surface area (Å²) in [4.78, 5) is 4.39. The molecule has 0 atom stereocenters. The second-order valence-electron chi connectivity index (χ2n) is 4.25. The molecule has 0 aliphatic heterocycles. The number of nitrogens with zero attached hydrogens (tertiary/aromatic N) is 3. The molecule has 0 saturated heterocycles. The lowest BCUT2D eigenvalue weighted by Crippen LogP contribution is -1.96. The number of hydrogen-bond acceptors (Lipinski definition) is 3. The summed E-state index contributed by atoms with van der Waals surface area (Å²) in [6, 6.07) is 3.77. The van der Waals surface area contributed by atoms with Gasteiger partial charge in [-0.1, -0.05) is 6.07 Å². The van der Waals surface area contributed by atoms with Crippen molar-refractivity contribution in [2.45, 2.75) is 26.7 Å². The first-order valence-corrected chi connectivity index (χ1v) is 6.27. The number of alkyl halides is 1. The molecule has 0 bridgehead atoms. The van der Waals surface area contributed by atoms with E-state index in [1.165, 1.54) is 0 Å². The van der Waals surface area contributed by atoms with Crippen molar-refractivity contribution in [3.63, 3.8) is 0 Å². The first kappa shape index (κ1) is 12.9. The van der Waals surface area contributed by atoms with Crippen LogP contribution in [0, 0.1) is 20.8 Å². The molecule has 0 radical (unpaired) electrons. The molecule has 0 spiro atoms. The lowest BCUT2D eigenvalue weighted by Gasteiger charge is -2.07. The Morgan fingerprint density at radius 2 is 1.94 bits per heavy atom. The van der Waals surface area contributed by atoms with Crippen molar-refractivity contribution >= 4 is 11.6 Å². The topological polar surface area (TPSA) is 39.9 Å². The average Bonchev–Trinajstić information content (AvgIpc) is 2.56. The van der Waals surface area contributed by atoms with E-state index < -0.39 is 0 Å². The van der Waals surface area contributed by atoms with E-state index in [4.69, 9.17) is 16.3 Å². The molecule has 18 heavy (non-hydrogen) atoms. The van der Waals surface area contributed by atoms with Gasteiger partial charge in [-0.2, -0.15) is 5.10 Å². The van der Waals surface area contributed by atoms with Gasteiger partial charge in [0.2, 0.25) is 5.88 Å². The fraction of sp³-hybridized carbons (Fsp3) is 0.385. The average molecular weight is 266 g/mol. The molecular formula is C13H16ClN3O. The monoisotopic (exact) mass is 265 g/mol. The van der Waals surface area contributed by atoms with Crippen molar-refractivity contribution in [3.8, 4) is 11.6 Å². The molecule has 5 heteroatoms. The number of ether oxygens (including phenoxy) is 1. The van der Waals surface area contributed by atoms with Gasteiger partial charge in [-0.15, -0.1) is 11.6 Å². The van der Waals surface area contributed by atoms with Crippen LogP contribution >= 0.6 is 11.6 Å². The third kappa shape index (κ3) is 2.34. The highest BCUT2D eigenvalue weighted by Crippen LogP contribution is 2.27. The molecule has 0 aromatic carbocycles. The minimum Gasteiger partial charge on any atom is -0.435 e. The molecule has 2 rings (SSSR count). The Bertz CT molecular complexity index is 578. The van der Waals surface area contributed by atoms with Gasteiger partial charge in [-0.3, -0.25) is 4.68 Å². The van der Waals surface area contributed by atoms with Crippen molar-refractivity contribution in [1.29, 1.82) is 0 Å². The highest BCUT2D eigenvalue weighted by Gasteiger charge is 2.12. The van der Waals surface area contributed by atoms with Crippen LogP contribution in [0.15, 0.2) is 12.1 Å². The van der Waals surface area contributed by atoms with Crippen molar-refractivity contribution in [1.82, 2.24) is 14.8 Å². The number of pyridine rings is 1. The summed E-state index contributed by atoms with van der Waals surface area (Å²) in [6.07, 6.45) is 0. The zero-order valence-corrected chi connectivity index (χ0v) is 11.7. The Labute approximate surface area is 112 Å². The fourth-order valence-electron chi connectivity index (χ4n) is 1.77. The quantitative estimate of drug-likeness (QED) is 0.800. The SMILES string of the molecule is Cc1nc(Oc2c(C)nn(C)c2C)ccc1CCl. The molecule has 0 amide bonds. The van der Waals surface area contributed by atoms with E-state index in [0.29, 0.717) is 11.8 Å². The van der Waals surface area contributed by atoms with Gasteiger partial charge in [0.15, 0.2) is 5.75 Å². The van der Waals surface area contributed by atoms with Crippen LogP contribution in [0.3, 0.4) is 0 Å². The van der Waals surface area contributed by atoms with Crippen LogP contribution in [0.2, 0.25) is 0 Å². The standard InChI is InChI=1S/C13H16ClN3O/c1-8-11(7-14)5-6-12(15-8)18-13-9(2)16-17(4)10(13)3/h5-6H,7H2,1-4H3. The fourth-order valence-corrected chi connectivity index (χ4v) is 2.05. The molecule has 0 saturated carbocycles. The van der Waals surface area contributed by atoms with E-state index in [1.54, 1.807) is 4.68 Å². The third-order valence-electron chi connectivity index (χ3n) is 2.96. The second-order valence-corrected chi connectivity index (χ2v) is 4.52. The normalized spacial score (nSPS) is 10.7. The Morgan fingerprint density at radius 1 is 1.22 bits per heavy atom. The zero-order valence-electron chi connectivity index (χ0n) is 11.0. The van der Waals surface area contributed by atoms with E-state index in [2.05, 4.69) is 10.1 Å². The molecule has 2 aromatic heterocycles. The highest BCUT2D eigenvalue weighted by molar-refractivity contribution is 6.17. The molecule has 96 valence electrons. The van der Waals surface area contributed by atoms with Crippen LogP contribution in [0.25, 0.3) is 0 Å². The minimum absolute atomic E-state index is 0.462. The van der Waals surface area contributed by atoms with Crippen LogP contribution in [-0.2, 0) is 12.9 Å². The molecule has 0 fully saturated rings. The first-order valence-electron chi connectivity index (χ1n) is 5.73. The Hall–Kier alpha value is -1.55. The molecule has 0 unspecified atom stereocenters. The van der Waals surface area contributed by atoms with Gasteiger partial charge < -0.3 is 4.74 Å². The molecule has 2 aromatic rings. The summed E-state index contributed by atoms with van der Waals surface area (Å²) in [6.45, 7) is 5.81. The summed E-state index contributed by atoms with van der Waals surface area (Å²) in [5.74, 6) is 1.80. The van der Waals surface area contributed by atoms with E-state index in [-0.39, 0.29) is 0 Å². The van der Waals surface area contributed by atoms with Gasteiger partial charge in [-0.25, -0.2) is 4.98 Å². The number of aryl methyl sites for hydroxylation is 3. The Balaban J connectivity index is 2.31. The molecule has 0 N–H and O–H groups in total. The summed E-state index contributed by atoms with van der Waals surface area (Å²) < 4.78 is 7.60. The van der Waals surface area contributed by atoms with Crippen molar-refractivity contribution in [2.24, 2.45) is 7.05 Å². The summed E-state index contributed by atoms with van der Waals surface area (Å²) in [5.41, 5.74) is 3.74. The van der Waals surface area contributed by atoms with Gasteiger partial charge in [0.05, 0.1) is 5.69 Å². The molecule has 0 aliphatic carbocycles. The van der Waals surface area contributed by atoms with Crippen molar-refractivity contribution in [2.75, 3.05) is 0 Å². The van der Waals surface area contributed by atoms with E-state index in [1.807, 2.05) is 40.0 Å². The van der Waals surface area contributed by atoms with E-state index in [9.17, 15) is 0 Å². The lowest BCUT2D eigenvalue weighted by molar-refractivity contribution is 0.453. The number of aromatic nitrogens is 3. The van der Waals surface area contributed by atoms with Gasteiger partial charge in [0.1, 0.15) is 5.69 Å². The van der Waals surface area contributed by atoms with Crippen LogP contribution < -0.4 is 4.74 Å². The van der Waals surface area contributed by atoms with Gasteiger partial charge >= 0.3 is 0 Å². The predicted molar refractivity (Wildman–Crippen MR) is 71.3 cm³/mol.